The van der Waals surface area contributed by atoms with Crippen LogP contribution in [0.2, 0.25) is 0 Å². The first-order valence-corrected chi connectivity index (χ1v) is 30.5. The highest BCUT2D eigenvalue weighted by atomic mass is 16.4. The van der Waals surface area contributed by atoms with Crippen molar-refractivity contribution in [2.24, 2.45) is 40.5 Å². The molecule has 0 aromatic heterocycles. The first-order chi connectivity index (χ1) is 42.0. The van der Waals surface area contributed by atoms with Crippen LogP contribution in [0.5, 0.6) is 0 Å². The Bertz CT molecular complexity index is 2380. The number of hydrogen-bond acceptors (Lipinski definition) is 19. The third-order valence-corrected chi connectivity index (χ3v) is 14.5. The van der Waals surface area contributed by atoms with Crippen LogP contribution in [0.4, 0.5) is 0 Å². The summed E-state index contributed by atoms with van der Waals surface area (Å²) in [4.78, 5) is 186. The normalized spacial score (nSPS) is 16.2. The van der Waals surface area contributed by atoms with Crippen molar-refractivity contribution in [2.45, 2.75) is 211 Å². The molecule has 0 spiro atoms. The highest BCUT2D eigenvalue weighted by molar-refractivity contribution is 5.99. The fourth-order valence-electron chi connectivity index (χ4n) is 9.26. The number of carboxylic acid groups (broad SMARTS) is 2. The fourth-order valence-corrected chi connectivity index (χ4v) is 9.26. The number of nitrogens with one attached hydrogen (secondary N) is 11. The molecule has 0 aromatic rings. The molecular formula is C56H101N17O16. The van der Waals surface area contributed by atoms with Crippen LogP contribution in [0, 0.1) is 11.8 Å². The van der Waals surface area contributed by atoms with Crippen molar-refractivity contribution in [2.75, 3.05) is 45.8 Å². The van der Waals surface area contributed by atoms with E-state index in [2.05, 4.69) is 58.5 Å². The standard InChI is InChI=1S/C56H101N17O16/c1-30(2)44(54(86)72-45(31(3)4)53(85)69-36(18-9-13-23-58)49(81)65-34(7)56(88)89)71-42(75)29-62-48(80)35(17-8-12-22-57)68-50(82)37(19-10-14-24-59)67-47(79)33(6)63-46(78)32(5)64-51(83)39(27-43(76)77)70-52(84)40-21-16-26-73(40)55(87)38(20-11-15-25-60)66-41(74)28-61/h30-40,44-45H,8-29,57-61H2,1-7H3,(H,62,80)(H,63,78)(H,64,83)(H,65,81)(H,66,74)(H,67,79)(H,68,82)(H,69,85)(H,70,84)(H,71,75)(H,72,86)(H,76,77)(H,88,89)/t32-,33-,34-,35-,36-,37-,38-,39-,40-,44-,45-/m0/s1. The zero-order chi connectivity index (χ0) is 67.5. The van der Waals surface area contributed by atoms with Crippen LogP contribution in [0.25, 0.3) is 0 Å². The van der Waals surface area contributed by atoms with Gasteiger partial charge in [0, 0.05) is 6.54 Å². The van der Waals surface area contributed by atoms with Gasteiger partial charge >= 0.3 is 11.9 Å². The molecule has 0 aliphatic carbocycles. The van der Waals surface area contributed by atoms with E-state index in [9.17, 15) is 77.3 Å². The van der Waals surface area contributed by atoms with Gasteiger partial charge in [-0.3, -0.25) is 67.1 Å². The van der Waals surface area contributed by atoms with Gasteiger partial charge in [0.15, 0.2) is 0 Å². The van der Waals surface area contributed by atoms with Crippen molar-refractivity contribution in [1.29, 1.82) is 0 Å². The molecule has 1 fully saturated rings. The van der Waals surface area contributed by atoms with Crippen molar-refractivity contribution in [1.82, 2.24) is 63.4 Å². The number of hydrogen-bond donors (Lipinski definition) is 18. The summed E-state index contributed by atoms with van der Waals surface area (Å²) in [5.41, 5.74) is 28.1. The number of amides is 12. The molecule has 1 rings (SSSR count). The van der Waals surface area contributed by atoms with Gasteiger partial charge in [0.1, 0.15) is 66.5 Å². The highest BCUT2D eigenvalue weighted by Crippen LogP contribution is 2.21. The topological polar surface area (TPSA) is 545 Å². The highest BCUT2D eigenvalue weighted by Gasteiger charge is 2.40. The van der Waals surface area contributed by atoms with E-state index >= 15 is 0 Å². The molecule has 11 atom stereocenters. The molecule has 89 heavy (non-hydrogen) atoms. The second-order valence-corrected chi connectivity index (χ2v) is 22.8. The Hall–Kier alpha value is -7.62. The van der Waals surface area contributed by atoms with E-state index in [0.717, 1.165) is 0 Å². The molecule has 12 amide bonds. The average Bonchev–Trinajstić information content (AvgIpc) is 3.08. The van der Waals surface area contributed by atoms with E-state index in [1.54, 1.807) is 27.7 Å². The van der Waals surface area contributed by atoms with Crippen LogP contribution in [-0.4, -0.2) is 210 Å². The smallest absolute Gasteiger partial charge is 0.325 e. The van der Waals surface area contributed by atoms with E-state index < -0.39 is 181 Å². The van der Waals surface area contributed by atoms with Crippen LogP contribution < -0.4 is 87.2 Å². The van der Waals surface area contributed by atoms with Gasteiger partial charge in [-0.05, 0) is 149 Å². The van der Waals surface area contributed by atoms with E-state index in [1.165, 1.54) is 25.7 Å². The Morgan fingerprint density at radius 3 is 1.30 bits per heavy atom. The minimum absolute atomic E-state index is 0.0138. The van der Waals surface area contributed by atoms with E-state index in [-0.39, 0.29) is 51.7 Å². The largest absolute Gasteiger partial charge is 0.481 e. The van der Waals surface area contributed by atoms with Crippen molar-refractivity contribution in [3.8, 4) is 0 Å². The maximum Gasteiger partial charge on any atom is 0.325 e. The number of likely N-dealkylation sites (tertiary alicyclic amines) is 1. The lowest BCUT2D eigenvalue weighted by molar-refractivity contribution is -0.144. The number of unbranched alkanes of at least 4 members (excludes halogenated alkanes) is 4. The molecule has 506 valence electrons. The maximum absolute atomic E-state index is 14.0. The minimum Gasteiger partial charge on any atom is -0.481 e. The van der Waals surface area contributed by atoms with Crippen molar-refractivity contribution in [3.05, 3.63) is 0 Å². The molecule has 23 N–H and O–H groups in total. The Morgan fingerprint density at radius 1 is 0.427 bits per heavy atom. The van der Waals surface area contributed by atoms with Gasteiger partial charge < -0.3 is 102 Å². The molecule has 0 saturated carbocycles. The van der Waals surface area contributed by atoms with Crippen LogP contribution in [-0.2, 0) is 67.1 Å². The maximum atomic E-state index is 14.0. The summed E-state index contributed by atoms with van der Waals surface area (Å²) in [6.45, 7) is 10.5. The Labute approximate surface area is 519 Å². The van der Waals surface area contributed by atoms with E-state index in [4.69, 9.17) is 28.7 Å². The quantitative estimate of drug-likeness (QED) is 0.0253. The monoisotopic (exact) mass is 1270 g/mol. The lowest BCUT2D eigenvalue weighted by Crippen LogP contribution is -2.60. The average molecular weight is 1270 g/mol. The summed E-state index contributed by atoms with van der Waals surface area (Å²) < 4.78 is 0. The van der Waals surface area contributed by atoms with Crippen LogP contribution in [0.15, 0.2) is 0 Å². The third kappa shape index (κ3) is 29.5. The number of rotatable bonds is 44. The summed E-state index contributed by atoms with van der Waals surface area (Å²) in [5, 5.41) is 46.5. The van der Waals surface area contributed by atoms with Crippen molar-refractivity contribution in [3.63, 3.8) is 0 Å². The number of carbonyl (C=O) groups excluding carboxylic acids is 12. The van der Waals surface area contributed by atoms with Crippen molar-refractivity contribution >= 4 is 82.8 Å². The van der Waals surface area contributed by atoms with Crippen LogP contribution in [0.3, 0.4) is 0 Å². The molecule has 33 heteroatoms. The SMILES string of the molecule is CC(C)[C@H](NC(=O)CNC(=O)[C@H](CCCCN)NC(=O)[C@H](CCCCN)NC(=O)[C@H](C)NC(=O)[C@H](C)NC(=O)[C@H](CC(=O)O)NC(=O)[C@@H]1CCCN1C(=O)[C@H](CCCCN)NC(=O)CN)C(=O)N[C@H](C(=O)N[C@@H](CCCCN)C(=O)N[C@@H](C)C(=O)O)C(C)C. The summed E-state index contributed by atoms with van der Waals surface area (Å²) in [6, 6.07) is -14.2. The summed E-state index contributed by atoms with van der Waals surface area (Å²) in [7, 11) is 0. The zero-order valence-electron chi connectivity index (χ0n) is 52.5. The molecule has 0 aromatic carbocycles. The van der Waals surface area contributed by atoms with Gasteiger partial charge in [-0.15, -0.1) is 0 Å². The lowest BCUT2D eigenvalue weighted by Gasteiger charge is -2.30. The molecule has 0 unspecified atom stereocenters. The molecule has 0 bridgehead atoms. The number of nitrogens with zero attached hydrogens (tertiary/aromatic N) is 1. The molecular weight excluding hydrogens is 1170 g/mol. The third-order valence-electron chi connectivity index (χ3n) is 14.5. The van der Waals surface area contributed by atoms with Gasteiger partial charge in [-0.2, -0.15) is 0 Å². The van der Waals surface area contributed by atoms with Crippen molar-refractivity contribution < 1.29 is 77.3 Å². The Balaban J connectivity index is 3.17. The number of aliphatic carboxylic acids is 2. The molecule has 1 saturated heterocycles. The number of carboxylic acids is 2. The number of nitrogens with two attached hydrogens (primary N) is 5. The molecule has 0 radical (unpaired) electrons. The van der Waals surface area contributed by atoms with Gasteiger partial charge in [-0.1, -0.05) is 27.7 Å². The predicted octanol–water partition coefficient (Wildman–Crippen LogP) is -5.65. The lowest BCUT2D eigenvalue weighted by atomic mass is 9.99. The fraction of sp³-hybridized carbons (Fsp3) is 0.750. The molecule has 1 aliphatic rings. The van der Waals surface area contributed by atoms with E-state index in [0.29, 0.717) is 70.9 Å². The predicted molar refractivity (Wildman–Crippen MR) is 324 cm³/mol. The van der Waals surface area contributed by atoms with Crippen LogP contribution >= 0.6 is 0 Å². The Kier molecular flexibility index (Phi) is 37.8. The van der Waals surface area contributed by atoms with Gasteiger partial charge in [0.2, 0.25) is 70.9 Å². The van der Waals surface area contributed by atoms with Gasteiger partial charge in [0.05, 0.1) is 19.5 Å². The molecule has 1 heterocycles. The summed E-state index contributed by atoms with van der Waals surface area (Å²) in [6.07, 6.45) is 3.46. The van der Waals surface area contributed by atoms with Gasteiger partial charge in [-0.25, -0.2) is 0 Å². The second kappa shape index (κ2) is 42.3. The van der Waals surface area contributed by atoms with Crippen LogP contribution in [0.1, 0.15) is 145 Å². The minimum atomic E-state index is -1.74. The van der Waals surface area contributed by atoms with E-state index in [1.807, 2.05) is 0 Å². The van der Waals surface area contributed by atoms with Gasteiger partial charge in [0.25, 0.3) is 0 Å². The number of carbonyl (C=O) groups is 14. The summed E-state index contributed by atoms with van der Waals surface area (Å²) >= 11 is 0. The molecule has 1 aliphatic heterocycles. The second-order valence-electron chi connectivity index (χ2n) is 22.8. The molecule has 33 nitrogen and oxygen atoms in total. The first kappa shape index (κ1) is 79.4. The Morgan fingerprint density at radius 2 is 0.831 bits per heavy atom. The first-order valence-electron chi connectivity index (χ1n) is 30.5. The summed E-state index contributed by atoms with van der Waals surface area (Å²) in [5.74, 6) is -13.5. The zero-order valence-corrected chi connectivity index (χ0v) is 52.5.